The van der Waals surface area contributed by atoms with Crippen LogP contribution < -0.4 is 4.74 Å². The van der Waals surface area contributed by atoms with E-state index in [4.69, 9.17) is 14.9 Å². The smallest absolute Gasteiger partial charge is 0.339 e. The molecule has 0 saturated heterocycles. The Bertz CT molecular complexity index is 452. The van der Waals surface area contributed by atoms with Crippen LogP contribution in [0.3, 0.4) is 0 Å². The summed E-state index contributed by atoms with van der Waals surface area (Å²) in [6.07, 6.45) is -0.740. The molecule has 0 radical (unpaired) electrons. The van der Waals surface area contributed by atoms with E-state index in [1.165, 1.54) is 26.2 Å². The molecule has 1 aromatic carbocycles. The van der Waals surface area contributed by atoms with E-state index in [9.17, 15) is 4.79 Å². The highest BCUT2D eigenvalue weighted by Gasteiger charge is 2.10. The highest BCUT2D eigenvalue weighted by Crippen LogP contribution is 2.19. The quantitative estimate of drug-likeness (QED) is 0.733. The van der Waals surface area contributed by atoms with Gasteiger partial charge in [-0.25, -0.2) is 4.79 Å². The van der Waals surface area contributed by atoms with E-state index in [2.05, 4.69) is 11.8 Å². The second kappa shape index (κ2) is 5.19. The molecule has 16 heavy (non-hydrogen) atoms. The van der Waals surface area contributed by atoms with Crippen LogP contribution in [-0.4, -0.2) is 29.4 Å². The maximum absolute atomic E-state index is 10.9. The summed E-state index contributed by atoms with van der Waals surface area (Å²) in [6.45, 7) is 1.54. The van der Waals surface area contributed by atoms with E-state index in [-0.39, 0.29) is 11.3 Å². The number of aromatic carboxylic acids is 1. The molecule has 0 aliphatic carbocycles. The molecule has 0 spiro atoms. The summed E-state index contributed by atoms with van der Waals surface area (Å²) in [4.78, 5) is 10.9. The van der Waals surface area contributed by atoms with Gasteiger partial charge >= 0.3 is 5.97 Å². The van der Waals surface area contributed by atoms with E-state index < -0.39 is 12.1 Å². The molecular formula is C12H12O4. The van der Waals surface area contributed by atoms with Gasteiger partial charge in [-0.2, -0.15) is 0 Å². The number of hydrogen-bond acceptors (Lipinski definition) is 3. The summed E-state index contributed by atoms with van der Waals surface area (Å²) in [5, 5.41) is 17.9. The highest BCUT2D eigenvalue weighted by molar-refractivity contribution is 5.91. The number of carboxylic acid groups (broad SMARTS) is 1. The molecule has 0 amide bonds. The van der Waals surface area contributed by atoms with Gasteiger partial charge in [0.2, 0.25) is 0 Å². The summed E-state index contributed by atoms with van der Waals surface area (Å²) >= 11 is 0. The Labute approximate surface area is 93.5 Å². The fourth-order valence-electron chi connectivity index (χ4n) is 1.14. The number of ether oxygens (including phenoxy) is 1. The first-order valence-corrected chi connectivity index (χ1v) is 4.65. The first-order chi connectivity index (χ1) is 7.54. The van der Waals surface area contributed by atoms with Crippen molar-refractivity contribution in [2.75, 3.05) is 7.11 Å². The molecule has 84 valence electrons. The lowest BCUT2D eigenvalue weighted by Gasteiger charge is -2.04. The Balaban J connectivity index is 3.14. The van der Waals surface area contributed by atoms with Gasteiger partial charge in [-0.3, -0.25) is 0 Å². The first-order valence-electron chi connectivity index (χ1n) is 4.65. The molecular weight excluding hydrogens is 208 g/mol. The van der Waals surface area contributed by atoms with Crippen molar-refractivity contribution in [2.45, 2.75) is 13.0 Å². The van der Waals surface area contributed by atoms with Gasteiger partial charge in [-0.05, 0) is 25.1 Å². The van der Waals surface area contributed by atoms with Crippen LogP contribution in [0.4, 0.5) is 0 Å². The molecule has 0 unspecified atom stereocenters. The Kier molecular flexibility index (Phi) is 3.92. The van der Waals surface area contributed by atoms with Crippen LogP contribution in [0.2, 0.25) is 0 Å². The molecule has 0 bridgehead atoms. The molecule has 0 aromatic heterocycles. The Morgan fingerprint density at radius 2 is 2.19 bits per heavy atom. The number of benzene rings is 1. The van der Waals surface area contributed by atoms with Crippen molar-refractivity contribution in [2.24, 2.45) is 0 Å². The first kappa shape index (κ1) is 12.1. The monoisotopic (exact) mass is 220 g/mol. The number of carboxylic acids is 1. The molecule has 1 aromatic rings. The Morgan fingerprint density at radius 1 is 1.50 bits per heavy atom. The molecule has 0 aliphatic heterocycles. The van der Waals surface area contributed by atoms with Crippen LogP contribution in [-0.2, 0) is 0 Å². The predicted octanol–water partition coefficient (Wildman–Crippen LogP) is 1.13. The topological polar surface area (TPSA) is 66.8 Å². The van der Waals surface area contributed by atoms with Crippen LogP contribution in [0.5, 0.6) is 5.75 Å². The van der Waals surface area contributed by atoms with E-state index in [0.717, 1.165) is 0 Å². The third-order valence-corrected chi connectivity index (χ3v) is 1.86. The molecule has 4 heteroatoms. The van der Waals surface area contributed by atoms with Crippen LogP contribution in [0.1, 0.15) is 22.8 Å². The molecule has 1 rings (SSSR count). The molecule has 0 fully saturated rings. The number of hydrogen-bond donors (Lipinski definition) is 2. The average Bonchev–Trinajstić information content (AvgIpc) is 2.25. The Morgan fingerprint density at radius 3 is 2.69 bits per heavy atom. The number of carbonyl (C=O) groups is 1. The van der Waals surface area contributed by atoms with E-state index in [1.807, 2.05) is 0 Å². The average molecular weight is 220 g/mol. The van der Waals surface area contributed by atoms with Crippen LogP contribution >= 0.6 is 0 Å². The molecule has 1 atom stereocenters. The van der Waals surface area contributed by atoms with Crippen molar-refractivity contribution >= 4 is 5.97 Å². The van der Waals surface area contributed by atoms with E-state index in [0.29, 0.717) is 5.56 Å². The lowest BCUT2D eigenvalue weighted by molar-refractivity contribution is 0.0693. The van der Waals surface area contributed by atoms with Crippen LogP contribution in [0.25, 0.3) is 0 Å². The molecule has 4 nitrogen and oxygen atoms in total. The third-order valence-electron chi connectivity index (χ3n) is 1.86. The van der Waals surface area contributed by atoms with Gasteiger partial charge in [-0.1, -0.05) is 11.8 Å². The lowest BCUT2D eigenvalue weighted by Crippen LogP contribution is -2.01. The van der Waals surface area contributed by atoms with Gasteiger partial charge in [-0.15, -0.1) is 0 Å². The normalized spacial score (nSPS) is 11.2. The molecule has 0 aliphatic rings. The number of aliphatic hydroxyl groups excluding tert-OH is 1. The summed E-state index contributed by atoms with van der Waals surface area (Å²) in [6, 6.07) is 4.59. The second-order valence-electron chi connectivity index (χ2n) is 3.17. The summed E-state index contributed by atoms with van der Waals surface area (Å²) in [7, 11) is 1.41. The predicted molar refractivity (Wildman–Crippen MR) is 58.5 cm³/mol. The van der Waals surface area contributed by atoms with Gasteiger partial charge in [0.25, 0.3) is 0 Å². The van der Waals surface area contributed by atoms with Gasteiger partial charge in [0.1, 0.15) is 17.4 Å². The Hall–Kier alpha value is -1.99. The van der Waals surface area contributed by atoms with Gasteiger partial charge in [0.05, 0.1) is 7.11 Å². The van der Waals surface area contributed by atoms with E-state index in [1.54, 1.807) is 6.07 Å². The van der Waals surface area contributed by atoms with Crippen LogP contribution in [0.15, 0.2) is 18.2 Å². The fraction of sp³-hybridized carbons (Fsp3) is 0.250. The van der Waals surface area contributed by atoms with Gasteiger partial charge in [0.15, 0.2) is 0 Å². The van der Waals surface area contributed by atoms with Crippen molar-refractivity contribution in [3.63, 3.8) is 0 Å². The highest BCUT2D eigenvalue weighted by atomic mass is 16.5. The molecule has 2 N–H and O–H groups in total. The maximum Gasteiger partial charge on any atom is 0.339 e. The van der Waals surface area contributed by atoms with Gasteiger partial charge < -0.3 is 14.9 Å². The standard InChI is InChI=1S/C12H12O4/c1-8(13)3-4-9-5-6-11(16-2)10(7-9)12(14)15/h5-8,13H,1-2H3,(H,14,15)/t8-/m0/s1. The van der Waals surface area contributed by atoms with Crippen molar-refractivity contribution in [3.8, 4) is 17.6 Å². The largest absolute Gasteiger partial charge is 0.496 e. The minimum Gasteiger partial charge on any atom is -0.496 e. The maximum atomic E-state index is 10.9. The minimum atomic E-state index is -1.07. The zero-order chi connectivity index (χ0) is 12.1. The van der Waals surface area contributed by atoms with Gasteiger partial charge in [0, 0.05) is 5.56 Å². The number of methoxy groups -OCH3 is 1. The third kappa shape index (κ3) is 3.01. The van der Waals surface area contributed by atoms with E-state index >= 15 is 0 Å². The SMILES string of the molecule is COc1ccc(C#C[C@H](C)O)cc1C(=O)O. The van der Waals surface area contributed by atoms with Crippen LogP contribution in [0, 0.1) is 11.8 Å². The zero-order valence-electron chi connectivity index (χ0n) is 9.02. The zero-order valence-corrected chi connectivity index (χ0v) is 9.02. The number of rotatable bonds is 2. The van der Waals surface area contributed by atoms with Crippen molar-refractivity contribution in [3.05, 3.63) is 29.3 Å². The summed E-state index contributed by atoms with van der Waals surface area (Å²) in [5.41, 5.74) is 0.582. The van der Waals surface area contributed by atoms with Crippen molar-refractivity contribution in [1.29, 1.82) is 0 Å². The second-order valence-corrected chi connectivity index (χ2v) is 3.17. The fourth-order valence-corrected chi connectivity index (χ4v) is 1.14. The number of aliphatic hydroxyl groups is 1. The lowest BCUT2D eigenvalue weighted by atomic mass is 10.1. The van der Waals surface area contributed by atoms with Crippen molar-refractivity contribution in [1.82, 2.24) is 0 Å². The van der Waals surface area contributed by atoms with Crippen molar-refractivity contribution < 1.29 is 19.7 Å². The molecule has 0 saturated carbocycles. The summed E-state index contributed by atoms with van der Waals surface area (Å²) < 4.78 is 4.91. The molecule has 0 heterocycles. The summed E-state index contributed by atoms with van der Waals surface area (Å²) in [5.74, 6) is 4.42. The minimum absolute atomic E-state index is 0.0555.